The average molecular weight is 203 g/mol. The molecule has 0 aromatic rings. The molecule has 0 spiro atoms. The summed E-state index contributed by atoms with van der Waals surface area (Å²) in [6, 6.07) is 2.00. The van der Waals surface area contributed by atoms with E-state index in [0.29, 0.717) is 18.8 Å². The topological polar surface area (TPSA) is 44.1 Å². The SMILES string of the molecule is CN(CCC#N)C(=O)C(C)(C)CCl. The summed E-state index contributed by atoms with van der Waals surface area (Å²) in [5, 5.41) is 8.34. The monoisotopic (exact) mass is 202 g/mol. The van der Waals surface area contributed by atoms with Crippen LogP contribution in [0.1, 0.15) is 20.3 Å². The highest BCUT2D eigenvalue weighted by Crippen LogP contribution is 2.19. The molecule has 0 aliphatic heterocycles. The smallest absolute Gasteiger partial charge is 0.229 e. The Labute approximate surface area is 84.3 Å². The van der Waals surface area contributed by atoms with Gasteiger partial charge in [-0.25, -0.2) is 0 Å². The minimum atomic E-state index is -0.536. The van der Waals surface area contributed by atoms with Gasteiger partial charge in [-0.2, -0.15) is 5.26 Å². The minimum Gasteiger partial charge on any atom is -0.344 e. The molecule has 3 nitrogen and oxygen atoms in total. The third kappa shape index (κ3) is 3.65. The molecule has 0 aliphatic carbocycles. The third-order valence-electron chi connectivity index (χ3n) is 1.82. The number of nitrogens with zero attached hydrogens (tertiary/aromatic N) is 2. The first-order chi connectivity index (χ1) is 5.95. The van der Waals surface area contributed by atoms with Crippen LogP contribution in [0.4, 0.5) is 0 Å². The van der Waals surface area contributed by atoms with Crippen molar-refractivity contribution >= 4 is 17.5 Å². The molecule has 0 aliphatic rings. The second kappa shape index (κ2) is 5.08. The van der Waals surface area contributed by atoms with Crippen molar-refractivity contribution in [3.05, 3.63) is 0 Å². The summed E-state index contributed by atoms with van der Waals surface area (Å²) in [6.07, 6.45) is 0.362. The summed E-state index contributed by atoms with van der Waals surface area (Å²) < 4.78 is 0. The Kier molecular flexibility index (Phi) is 4.79. The molecule has 0 aromatic carbocycles. The van der Waals surface area contributed by atoms with E-state index < -0.39 is 5.41 Å². The molecule has 13 heavy (non-hydrogen) atoms. The first kappa shape index (κ1) is 12.2. The average Bonchev–Trinajstić information content (AvgIpc) is 2.12. The van der Waals surface area contributed by atoms with Gasteiger partial charge in [0.2, 0.25) is 5.91 Å². The lowest BCUT2D eigenvalue weighted by atomic mass is 9.94. The van der Waals surface area contributed by atoms with Crippen molar-refractivity contribution in [2.75, 3.05) is 19.5 Å². The van der Waals surface area contributed by atoms with E-state index in [2.05, 4.69) is 0 Å². The Morgan fingerprint density at radius 2 is 2.15 bits per heavy atom. The number of hydrogen-bond donors (Lipinski definition) is 0. The zero-order chi connectivity index (χ0) is 10.5. The van der Waals surface area contributed by atoms with E-state index in [-0.39, 0.29) is 5.91 Å². The van der Waals surface area contributed by atoms with Crippen molar-refractivity contribution in [3.8, 4) is 6.07 Å². The maximum atomic E-state index is 11.6. The molecule has 0 radical (unpaired) electrons. The van der Waals surface area contributed by atoms with Crippen LogP contribution >= 0.6 is 11.6 Å². The summed E-state index contributed by atoms with van der Waals surface area (Å²) >= 11 is 5.65. The van der Waals surface area contributed by atoms with Crippen molar-refractivity contribution in [2.24, 2.45) is 5.41 Å². The van der Waals surface area contributed by atoms with E-state index in [9.17, 15) is 4.79 Å². The molecule has 0 saturated carbocycles. The molecule has 0 rings (SSSR count). The van der Waals surface area contributed by atoms with Crippen LogP contribution in [0.25, 0.3) is 0 Å². The molecule has 1 amide bonds. The van der Waals surface area contributed by atoms with Gasteiger partial charge < -0.3 is 4.90 Å². The van der Waals surface area contributed by atoms with Crippen LogP contribution in [-0.4, -0.2) is 30.3 Å². The van der Waals surface area contributed by atoms with Gasteiger partial charge in [0.25, 0.3) is 0 Å². The zero-order valence-corrected chi connectivity index (χ0v) is 9.06. The normalized spacial score (nSPS) is 10.7. The van der Waals surface area contributed by atoms with Crippen molar-refractivity contribution in [2.45, 2.75) is 20.3 Å². The van der Waals surface area contributed by atoms with E-state index >= 15 is 0 Å². The van der Waals surface area contributed by atoms with Gasteiger partial charge in [-0.05, 0) is 13.8 Å². The third-order valence-corrected chi connectivity index (χ3v) is 2.49. The first-order valence-electron chi connectivity index (χ1n) is 4.14. The fraction of sp³-hybridized carbons (Fsp3) is 0.778. The highest BCUT2D eigenvalue weighted by Gasteiger charge is 2.29. The van der Waals surface area contributed by atoms with Crippen molar-refractivity contribution in [1.82, 2.24) is 4.90 Å². The van der Waals surface area contributed by atoms with Gasteiger partial charge in [0.15, 0.2) is 0 Å². The van der Waals surface area contributed by atoms with Gasteiger partial charge in [0.05, 0.1) is 17.9 Å². The molecule has 0 unspecified atom stereocenters. The molecule has 0 aromatic heterocycles. The minimum absolute atomic E-state index is 0.0160. The van der Waals surface area contributed by atoms with E-state index in [1.165, 1.54) is 0 Å². The maximum absolute atomic E-state index is 11.6. The van der Waals surface area contributed by atoms with E-state index in [1.807, 2.05) is 6.07 Å². The van der Waals surface area contributed by atoms with Crippen LogP contribution < -0.4 is 0 Å². The van der Waals surface area contributed by atoms with Crippen LogP contribution in [0.3, 0.4) is 0 Å². The predicted molar refractivity (Wildman–Crippen MR) is 52.4 cm³/mol. The van der Waals surface area contributed by atoms with Gasteiger partial charge >= 0.3 is 0 Å². The molecule has 74 valence electrons. The number of halogens is 1. The van der Waals surface area contributed by atoms with Crippen LogP contribution in [0.15, 0.2) is 0 Å². The molecule has 0 fully saturated rings. The van der Waals surface area contributed by atoms with Crippen molar-refractivity contribution < 1.29 is 4.79 Å². The molecular weight excluding hydrogens is 188 g/mol. The number of alkyl halides is 1. The highest BCUT2D eigenvalue weighted by molar-refractivity contribution is 6.19. The number of amides is 1. The Balaban J connectivity index is 4.19. The summed E-state index contributed by atoms with van der Waals surface area (Å²) in [7, 11) is 1.69. The largest absolute Gasteiger partial charge is 0.344 e. The number of nitriles is 1. The Hall–Kier alpha value is -0.750. The standard InChI is InChI=1S/C9H15ClN2O/c1-9(2,7-10)8(13)12(3)6-4-5-11/h4,6-7H2,1-3H3. The van der Waals surface area contributed by atoms with Crippen molar-refractivity contribution in [1.29, 1.82) is 5.26 Å². The zero-order valence-electron chi connectivity index (χ0n) is 8.30. The second-order valence-corrected chi connectivity index (χ2v) is 3.92. The van der Waals surface area contributed by atoms with Gasteiger partial charge in [0, 0.05) is 19.5 Å². The maximum Gasteiger partial charge on any atom is 0.229 e. The van der Waals surface area contributed by atoms with Gasteiger partial charge in [-0.15, -0.1) is 11.6 Å². The summed E-state index contributed by atoms with van der Waals surface area (Å²) in [4.78, 5) is 13.2. The van der Waals surface area contributed by atoms with Gasteiger partial charge in [-0.1, -0.05) is 0 Å². The Morgan fingerprint density at radius 3 is 2.54 bits per heavy atom. The number of carbonyl (C=O) groups is 1. The number of carbonyl (C=O) groups excluding carboxylic acids is 1. The number of rotatable bonds is 4. The highest BCUT2D eigenvalue weighted by atomic mass is 35.5. The lowest BCUT2D eigenvalue weighted by Crippen LogP contribution is -2.39. The summed E-state index contributed by atoms with van der Waals surface area (Å²) in [6.45, 7) is 4.06. The lowest BCUT2D eigenvalue weighted by Gasteiger charge is -2.26. The van der Waals surface area contributed by atoms with E-state index in [0.717, 1.165) is 0 Å². The fourth-order valence-electron chi connectivity index (χ4n) is 0.893. The van der Waals surface area contributed by atoms with Crippen LogP contribution in [0, 0.1) is 16.7 Å². The predicted octanol–water partition coefficient (Wildman–Crippen LogP) is 1.62. The summed E-state index contributed by atoms with van der Waals surface area (Å²) in [5.41, 5.74) is -0.536. The van der Waals surface area contributed by atoms with Crippen molar-refractivity contribution in [3.63, 3.8) is 0 Å². The van der Waals surface area contributed by atoms with E-state index in [1.54, 1.807) is 25.8 Å². The quantitative estimate of drug-likeness (QED) is 0.651. The van der Waals surface area contributed by atoms with Gasteiger partial charge in [0.1, 0.15) is 0 Å². The fourth-order valence-corrected chi connectivity index (χ4v) is 1.01. The Morgan fingerprint density at radius 1 is 1.62 bits per heavy atom. The van der Waals surface area contributed by atoms with Gasteiger partial charge in [-0.3, -0.25) is 4.79 Å². The molecular formula is C9H15ClN2O. The Bertz CT molecular complexity index is 220. The number of hydrogen-bond acceptors (Lipinski definition) is 2. The second-order valence-electron chi connectivity index (χ2n) is 3.65. The molecule has 0 saturated heterocycles. The first-order valence-corrected chi connectivity index (χ1v) is 4.67. The molecule has 4 heteroatoms. The molecule has 0 heterocycles. The van der Waals surface area contributed by atoms with Crippen LogP contribution in [0.2, 0.25) is 0 Å². The molecule has 0 atom stereocenters. The van der Waals surface area contributed by atoms with Crippen LogP contribution in [-0.2, 0) is 4.79 Å². The van der Waals surface area contributed by atoms with Crippen LogP contribution in [0.5, 0.6) is 0 Å². The molecule has 0 bridgehead atoms. The summed E-state index contributed by atoms with van der Waals surface area (Å²) in [5.74, 6) is 0.278. The lowest BCUT2D eigenvalue weighted by molar-refractivity contribution is -0.137. The molecule has 0 N–H and O–H groups in total. The van der Waals surface area contributed by atoms with E-state index in [4.69, 9.17) is 16.9 Å².